The first-order valence-electron chi connectivity index (χ1n) is 9.81. The number of hydrogen-bond donors (Lipinski definition) is 0. The maximum absolute atomic E-state index is 13.5. The number of ketones is 1. The predicted molar refractivity (Wildman–Crippen MR) is 129 cm³/mol. The van der Waals surface area contributed by atoms with E-state index in [0.29, 0.717) is 5.56 Å². The van der Waals surface area contributed by atoms with E-state index in [1.807, 2.05) is 91.0 Å². The summed E-state index contributed by atoms with van der Waals surface area (Å²) in [5.41, 5.74) is 0.212. The molecular formula is C26H20NO3P. The number of hydrogen-bond acceptors (Lipinski definition) is 3. The highest BCUT2D eigenvalue weighted by Crippen LogP contribution is 2.43. The number of Topliss-reactive ketones (excluding diaryl/α,β-unsaturated/α-hetero) is 1. The molecule has 0 unspecified atom stereocenters. The van der Waals surface area contributed by atoms with Crippen LogP contribution < -0.4 is 15.9 Å². The van der Waals surface area contributed by atoms with Gasteiger partial charge in [0.25, 0.3) is 5.69 Å². The fourth-order valence-electron chi connectivity index (χ4n) is 3.68. The normalized spacial score (nSPS) is 11.0. The summed E-state index contributed by atoms with van der Waals surface area (Å²) in [6, 6.07) is 35.9. The topological polar surface area (TPSA) is 60.2 Å². The summed E-state index contributed by atoms with van der Waals surface area (Å²) >= 11 is 0. The molecule has 31 heavy (non-hydrogen) atoms. The van der Waals surface area contributed by atoms with Gasteiger partial charge in [0, 0.05) is 17.7 Å². The standard InChI is InChI=1S/C26H20NO3P/c28-26(21-11-10-12-22(19-21)27(29)30)20-31(23-13-4-1-5-14-23,24-15-6-2-7-16-24)25-17-8-3-9-18-25/h1-20H. The molecule has 5 heteroatoms. The summed E-state index contributed by atoms with van der Waals surface area (Å²) in [5, 5.41) is 14.4. The summed E-state index contributed by atoms with van der Waals surface area (Å²) in [5.74, 6) is 1.56. The van der Waals surface area contributed by atoms with Gasteiger partial charge in [0.15, 0.2) is 5.78 Å². The quantitative estimate of drug-likeness (QED) is 0.197. The first-order chi connectivity index (χ1) is 15.1. The maximum atomic E-state index is 13.5. The fraction of sp³-hybridized carbons (Fsp3) is 0. The first-order valence-corrected chi connectivity index (χ1v) is 11.7. The van der Waals surface area contributed by atoms with Gasteiger partial charge in [-0.1, -0.05) is 103 Å². The Morgan fingerprint density at radius 2 is 1.13 bits per heavy atom. The Morgan fingerprint density at radius 1 is 0.677 bits per heavy atom. The largest absolute Gasteiger partial charge is 0.289 e. The number of nitro groups is 1. The van der Waals surface area contributed by atoms with E-state index < -0.39 is 11.8 Å². The van der Waals surface area contributed by atoms with Crippen molar-refractivity contribution >= 4 is 40.1 Å². The van der Waals surface area contributed by atoms with Gasteiger partial charge in [-0.05, 0) is 28.6 Å². The van der Waals surface area contributed by atoms with Gasteiger partial charge in [-0.25, -0.2) is 0 Å². The van der Waals surface area contributed by atoms with Crippen molar-refractivity contribution < 1.29 is 9.72 Å². The SMILES string of the molecule is O=C(C=P(c1ccccc1)(c1ccccc1)c1ccccc1)c1cccc([N+](=O)[O-])c1. The Hall–Kier alpha value is -3.75. The molecule has 4 rings (SSSR count). The van der Waals surface area contributed by atoms with Gasteiger partial charge < -0.3 is 0 Å². The van der Waals surface area contributed by atoms with Crippen molar-refractivity contribution in [1.29, 1.82) is 0 Å². The van der Waals surface area contributed by atoms with E-state index in [2.05, 4.69) is 0 Å². The highest BCUT2D eigenvalue weighted by Gasteiger charge is 2.26. The molecule has 0 heterocycles. The van der Waals surface area contributed by atoms with E-state index >= 15 is 0 Å². The van der Waals surface area contributed by atoms with E-state index in [1.165, 1.54) is 12.1 Å². The predicted octanol–water partition coefficient (Wildman–Crippen LogP) is 4.57. The van der Waals surface area contributed by atoms with Gasteiger partial charge in [0.05, 0.1) is 4.92 Å². The molecule has 0 aromatic heterocycles. The zero-order valence-electron chi connectivity index (χ0n) is 16.7. The van der Waals surface area contributed by atoms with Crippen LogP contribution in [0.5, 0.6) is 0 Å². The molecule has 0 aliphatic heterocycles. The number of carbonyl (C=O) groups excluding carboxylic acids is 1. The van der Waals surface area contributed by atoms with Crippen molar-refractivity contribution in [1.82, 2.24) is 0 Å². The van der Waals surface area contributed by atoms with Crippen LogP contribution in [0.3, 0.4) is 0 Å². The number of rotatable bonds is 6. The lowest BCUT2D eigenvalue weighted by Crippen LogP contribution is -2.28. The summed E-state index contributed by atoms with van der Waals surface area (Å²) in [6.45, 7) is -2.46. The minimum atomic E-state index is -2.46. The van der Waals surface area contributed by atoms with Gasteiger partial charge >= 0.3 is 0 Å². The summed E-state index contributed by atoms with van der Waals surface area (Å²) in [4.78, 5) is 24.2. The van der Waals surface area contributed by atoms with Crippen molar-refractivity contribution in [2.75, 3.05) is 0 Å². The summed E-state index contributed by atoms with van der Waals surface area (Å²) in [6.07, 6.45) is 0. The minimum absolute atomic E-state index is 0.0951. The van der Waals surface area contributed by atoms with Crippen LogP contribution in [0.1, 0.15) is 10.4 Å². The van der Waals surface area contributed by atoms with E-state index in [0.717, 1.165) is 15.9 Å². The molecule has 4 nitrogen and oxygen atoms in total. The first kappa shape index (κ1) is 20.5. The van der Waals surface area contributed by atoms with Crippen molar-refractivity contribution in [2.45, 2.75) is 0 Å². The third-order valence-electron chi connectivity index (χ3n) is 5.14. The number of nitro benzene ring substituents is 1. The van der Waals surface area contributed by atoms with E-state index in [9.17, 15) is 14.9 Å². The van der Waals surface area contributed by atoms with Gasteiger partial charge in [-0.3, -0.25) is 14.9 Å². The zero-order valence-corrected chi connectivity index (χ0v) is 17.6. The van der Waals surface area contributed by atoms with Gasteiger partial charge in [-0.15, -0.1) is 0 Å². The molecule has 0 spiro atoms. The number of nitrogens with zero attached hydrogens (tertiary/aromatic N) is 1. The molecule has 0 fully saturated rings. The van der Waals surface area contributed by atoms with Crippen LogP contribution in [-0.4, -0.2) is 16.5 Å². The third-order valence-corrected chi connectivity index (χ3v) is 9.10. The number of carbonyl (C=O) groups is 1. The molecule has 152 valence electrons. The Morgan fingerprint density at radius 3 is 1.55 bits per heavy atom. The third kappa shape index (κ3) is 4.11. The molecule has 0 aliphatic carbocycles. The minimum Gasteiger partial charge on any atom is -0.289 e. The Kier molecular flexibility index (Phi) is 5.92. The highest BCUT2D eigenvalue weighted by molar-refractivity contribution is 7.95. The lowest BCUT2D eigenvalue weighted by molar-refractivity contribution is -0.384. The Labute approximate surface area is 180 Å². The number of benzene rings is 4. The van der Waals surface area contributed by atoms with Crippen molar-refractivity contribution in [3.8, 4) is 0 Å². The second-order valence-corrected chi connectivity index (χ2v) is 10.3. The van der Waals surface area contributed by atoms with E-state index in [4.69, 9.17) is 0 Å². The van der Waals surface area contributed by atoms with Gasteiger partial charge in [0.2, 0.25) is 0 Å². The highest BCUT2D eigenvalue weighted by atomic mass is 31.2. The average Bonchev–Trinajstić information content (AvgIpc) is 2.84. The summed E-state index contributed by atoms with van der Waals surface area (Å²) < 4.78 is 0. The van der Waals surface area contributed by atoms with E-state index in [-0.39, 0.29) is 11.5 Å². The average molecular weight is 425 g/mol. The molecule has 0 saturated carbocycles. The zero-order chi connectivity index (χ0) is 21.7. The Balaban J connectivity index is 2.04. The van der Waals surface area contributed by atoms with Crippen LogP contribution in [0.25, 0.3) is 0 Å². The van der Waals surface area contributed by atoms with Crippen molar-refractivity contribution in [3.63, 3.8) is 0 Å². The summed E-state index contributed by atoms with van der Waals surface area (Å²) in [7, 11) is 0. The molecule has 0 N–H and O–H groups in total. The molecule has 0 bridgehead atoms. The molecule has 0 saturated heterocycles. The molecule has 0 atom stereocenters. The van der Waals surface area contributed by atoms with Crippen LogP contribution in [0.2, 0.25) is 0 Å². The van der Waals surface area contributed by atoms with Crippen molar-refractivity contribution in [3.05, 3.63) is 131 Å². The second-order valence-electron chi connectivity index (χ2n) is 7.03. The second kappa shape index (κ2) is 8.95. The fourth-order valence-corrected chi connectivity index (χ4v) is 7.45. The molecule has 0 amide bonds. The molecule has 4 aromatic rings. The lowest BCUT2D eigenvalue weighted by atomic mass is 10.1. The van der Waals surface area contributed by atoms with Gasteiger partial charge in [0.1, 0.15) is 0 Å². The molecule has 0 aliphatic rings. The van der Waals surface area contributed by atoms with Crippen LogP contribution in [0.4, 0.5) is 5.69 Å². The molecular weight excluding hydrogens is 405 g/mol. The van der Waals surface area contributed by atoms with E-state index in [1.54, 1.807) is 17.9 Å². The van der Waals surface area contributed by atoms with Gasteiger partial charge in [-0.2, -0.15) is 0 Å². The lowest BCUT2D eigenvalue weighted by Gasteiger charge is -2.28. The monoisotopic (exact) mass is 425 g/mol. The van der Waals surface area contributed by atoms with Crippen LogP contribution in [0, 0.1) is 10.1 Å². The van der Waals surface area contributed by atoms with Crippen LogP contribution in [0.15, 0.2) is 115 Å². The molecule has 4 aromatic carbocycles. The van der Waals surface area contributed by atoms with Crippen LogP contribution >= 0.6 is 6.89 Å². The maximum Gasteiger partial charge on any atom is 0.270 e. The van der Waals surface area contributed by atoms with Crippen LogP contribution in [-0.2, 0) is 0 Å². The molecule has 0 radical (unpaired) electrons. The smallest absolute Gasteiger partial charge is 0.270 e. The number of non-ortho nitro benzene ring substituents is 1. The van der Waals surface area contributed by atoms with Crippen molar-refractivity contribution in [2.24, 2.45) is 0 Å². The Bertz CT molecular complexity index is 1170.